The molecule has 1 amide bonds. The summed E-state index contributed by atoms with van der Waals surface area (Å²) in [6.45, 7) is 0. The minimum Gasteiger partial charge on any atom is -0.477 e. The van der Waals surface area contributed by atoms with Gasteiger partial charge >= 0.3 is 5.97 Å². The number of carboxylic acids is 1. The molecule has 0 aliphatic carbocycles. The van der Waals surface area contributed by atoms with Gasteiger partial charge in [0.05, 0.1) is 0 Å². The number of hydrogen-bond donors (Lipinski definition) is 2. The molecule has 0 heterocycles. The number of amides is 1. The molecule has 0 aromatic heterocycles. The molecule has 0 fully saturated rings. The van der Waals surface area contributed by atoms with E-state index in [1.54, 1.807) is 0 Å². The molecule has 0 saturated carbocycles. The van der Waals surface area contributed by atoms with E-state index in [0.29, 0.717) is 0 Å². The molecule has 3 N–H and O–H groups in total. The summed E-state index contributed by atoms with van der Waals surface area (Å²) in [7, 11) is 0. The van der Waals surface area contributed by atoms with Crippen molar-refractivity contribution in [1.29, 1.82) is 0 Å². The van der Waals surface area contributed by atoms with Crippen molar-refractivity contribution in [1.82, 2.24) is 0 Å². The normalized spacial score (nSPS) is 12.2. The average molecular weight is 184 g/mol. The third-order valence-corrected chi connectivity index (χ3v) is 1.42. The molecule has 0 aliphatic rings. The zero-order chi connectivity index (χ0) is 8.31. The van der Waals surface area contributed by atoms with E-state index in [9.17, 15) is 9.59 Å². The highest BCUT2D eigenvalue weighted by Crippen LogP contribution is 2.12. The number of primary amides is 1. The summed E-state index contributed by atoms with van der Waals surface area (Å²) >= 11 is 10.1. The lowest BCUT2D eigenvalue weighted by atomic mass is 10.5. The van der Waals surface area contributed by atoms with Gasteiger partial charge in [0, 0.05) is 0 Å². The fourth-order valence-electron chi connectivity index (χ4n) is 0.202. The van der Waals surface area contributed by atoms with Crippen LogP contribution in [0.5, 0.6) is 0 Å². The van der Waals surface area contributed by atoms with E-state index >= 15 is 0 Å². The standard InChI is InChI=1S/C4H3Cl2NO3/c5-1(3(7)8)2(6)4(9)10/h(H2,7,8)(H,9,10)/b2-1-. The molecule has 0 aromatic carbocycles. The average Bonchev–Trinajstić information content (AvgIpc) is 1.84. The zero-order valence-electron chi connectivity index (χ0n) is 4.60. The highest BCUT2D eigenvalue weighted by atomic mass is 35.5. The fourth-order valence-corrected chi connectivity index (χ4v) is 0.376. The predicted octanol–water partition coefficient (Wildman–Crippen LogP) is 0.246. The van der Waals surface area contributed by atoms with Gasteiger partial charge in [0.2, 0.25) is 0 Å². The maximum atomic E-state index is 10.1. The van der Waals surface area contributed by atoms with Gasteiger partial charge in [0.1, 0.15) is 10.1 Å². The van der Waals surface area contributed by atoms with Crippen LogP contribution in [0.4, 0.5) is 0 Å². The second kappa shape index (κ2) is 3.43. The van der Waals surface area contributed by atoms with E-state index in [1.165, 1.54) is 0 Å². The van der Waals surface area contributed by atoms with Crippen molar-refractivity contribution < 1.29 is 14.7 Å². The van der Waals surface area contributed by atoms with Gasteiger partial charge in [0.25, 0.3) is 5.91 Å². The molecule has 0 saturated heterocycles. The van der Waals surface area contributed by atoms with E-state index < -0.39 is 21.9 Å². The first-order valence-corrected chi connectivity index (χ1v) is 2.80. The lowest BCUT2D eigenvalue weighted by Gasteiger charge is -1.91. The summed E-state index contributed by atoms with van der Waals surface area (Å²) in [5, 5.41) is 6.68. The summed E-state index contributed by atoms with van der Waals surface area (Å²) in [5.41, 5.74) is 4.60. The molecular weight excluding hydrogens is 181 g/mol. The zero-order valence-corrected chi connectivity index (χ0v) is 6.11. The lowest BCUT2D eigenvalue weighted by molar-refractivity contribution is -0.132. The third kappa shape index (κ3) is 2.24. The molecule has 0 spiro atoms. The van der Waals surface area contributed by atoms with Crippen molar-refractivity contribution in [3.8, 4) is 0 Å². The number of aliphatic carboxylic acids is 1. The van der Waals surface area contributed by atoms with Crippen LogP contribution in [-0.2, 0) is 9.59 Å². The minimum atomic E-state index is -1.48. The Morgan fingerprint density at radius 2 is 1.60 bits per heavy atom. The molecule has 0 rings (SSSR count). The van der Waals surface area contributed by atoms with Crippen LogP contribution in [0.2, 0.25) is 0 Å². The Kier molecular flexibility index (Phi) is 3.18. The van der Waals surface area contributed by atoms with Crippen molar-refractivity contribution in [2.45, 2.75) is 0 Å². The molecule has 56 valence electrons. The second-order valence-electron chi connectivity index (χ2n) is 1.30. The SMILES string of the molecule is NC(=O)/C(Cl)=C(/Cl)C(=O)O. The summed E-state index contributed by atoms with van der Waals surface area (Å²) in [6.07, 6.45) is 0. The molecule has 0 unspecified atom stereocenters. The fraction of sp³-hybridized carbons (Fsp3) is 0. The third-order valence-electron chi connectivity index (χ3n) is 0.597. The van der Waals surface area contributed by atoms with Crippen molar-refractivity contribution in [2.24, 2.45) is 5.73 Å². The molecule has 6 heteroatoms. The van der Waals surface area contributed by atoms with Gasteiger partial charge in [-0.2, -0.15) is 0 Å². The number of nitrogens with two attached hydrogens (primary N) is 1. The first kappa shape index (κ1) is 9.26. The summed E-state index contributed by atoms with van der Waals surface area (Å²) in [6, 6.07) is 0. The van der Waals surface area contributed by atoms with Crippen LogP contribution >= 0.6 is 23.2 Å². The largest absolute Gasteiger partial charge is 0.477 e. The Hall–Kier alpha value is -0.740. The summed E-state index contributed by atoms with van der Waals surface area (Å²) in [4.78, 5) is 20.1. The number of carbonyl (C=O) groups excluding carboxylic acids is 1. The second-order valence-corrected chi connectivity index (χ2v) is 2.05. The van der Waals surface area contributed by atoms with E-state index in [4.69, 9.17) is 28.3 Å². The molecule has 10 heavy (non-hydrogen) atoms. The Labute approximate surface area is 66.2 Å². The van der Waals surface area contributed by atoms with Crippen LogP contribution in [0.3, 0.4) is 0 Å². The van der Waals surface area contributed by atoms with Crippen LogP contribution in [0.25, 0.3) is 0 Å². The van der Waals surface area contributed by atoms with Crippen LogP contribution in [0, 0.1) is 0 Å². The van der Waals surface area contributed by atoms with Crippen LogP contribution in [0.1, 0.15) is 0 Å². The van der Waals surface area contributed by atoms with E-state index in [0.717, 1.165) is 0 Å². The minimum absolute atomic E-state index is 0.672. The molecule has 0 aliphatic heterocycles. The summed E-state index contributed by atoms with van der Waals surface area (Å²) in [5.74, 6) is -2.54. The van der Waals surface area contributed by atoms with Crippen LogP contribution in [0.15, 0.2) is 10.1 Å². The van der Waals surface area contributed by atoms with E-state index in [2.05, 4.69) is 5.73 Å². The van der Waals surface area contributed by atoms with Gasteiger partial charge < -0.3 is 10.8 Å². The van der Waals surface area contributed by atoms with Crippen molar-refractivity contribution >= 4 is 35.1 Å². The number of carbonyl (C=O) groups is 2. The van der Waals surface area contributed by atoms with E-state index in [-0.39, 0.29) is 0 Å². The Morgan fingerprint density at radius 3 is 1.70 bits per heavy atom. The van der Waals surface area contributed by atoms with Gasteiger partial charge in [-0.05, 0) is 0 Å². The van der Waals surface area contributed by atoms with Crippen molar-refractivity contribution in [2.75, 3.05) is 0 Å². The van der Waals surface area contributed by atoms with Crippen LogP contribution in [-0.4, -0.2) is 17.0 Å². The Balaban J connectivity index is 4.67. The first-order chi connectivity index (χ1) is 4.46. The number of hydrogen-bond acceptors (Lipinski definition) is 2. The molecular formula is C4H3Cl2NO3. The predicted molar refractivity (Wildman–Crippen MR) is 35.6 cm³/mol. The maximum Gasteiger partial charge on any atom is 0.349 e. The smallest absolute Gasteiger partial charge is 0.349 e. The first-order valence-electron chi connectivity index (χ1n) is 2.05. The molecule has 0 radical (unpaired) electrons. The summed E-state index contributed by atoms with van der Waals surface area (Å²) < 4.78 is 0. The van der Waals surface area contributed by atoms with Gasteiger partial charge in [-0.25, -0.2) is 4.79 Å². The highest BCUT2D eigenvalue weighted by Gasteiger charge is 2.13. The lowest BCUT2D eigenvalue weighted by Crippen LogP contribution is -2.13. The Morgan fingerprint density at radius 1 is 1.20 bits per heavy atom. The van der Waals surface area contributed by atoms with Gasteiger partial charge in [-0.15, -0.1) is 0 Å². The van der Waals surface area contributed by atoms with Crippen molar-refractivity contribution in [3.63, 3.8) is 0 Å². The Bertz CT molecular complexity index is 189. The highest BCUT2D eigenvalue weighted by molar-refractivity contribution is 6.53. The topological polar surface area (TPSA) is 80.4 Å². The van der Waals surface area contributed by atoms with Gasteiger partial charge in [-0.3, -0.25) is 4.79 Å². The quantitative estimate of drug-likeness (QED) is 0.603. The number of carboxylic acid groups (broad SMARTS) is 1. The number of halogens is 2. The molecule has 0 atom stereocenters. The maximum absolute atomic E-state index is 10.1. The van der Waals surface area contributed by atoms with Crippen molar-refractivity contribution in [3.05, 3.63) is 10.1 Å². The van der Waals surface area contributed by atoms with Crippen LogP contribution < -0.4 is 5.73 Å². The van der Waals surface area contributed by atoms with Gasteiger partial charge in [0.15, 0.2) is 0 Å². The number of rotatable bonds is 2. The van der Waals surface area contributed by atoms with Gasteiger partial charge in [-0.1, -0.05) is 23.2 Å². The van der Waals surface area contributed by atoms with E-state index in [1.807, 2.05) is 0 Å². The monoisotopic (exact) mass is 183 g/mol. The molecule has 0 aromatic rings. The molecule has 0 bridgehead atoms. The molecule has 4 nitrogen and oxygen atoms in total.